The Morgan fingerprint density at radius 1 is 1.25 bits per heavy atom. The molecule has 7 unspecified atom stereocenters. The number of ketones is 1. The Morgan fingerprint density at radius 3 is 2.41 bits per heavy atom. The lowest BCUT2D eigenvalue weighted by Crippen LogP contribution is -2.79. The van der Waals surface area contributed by atoms with Crippen LogP contribution in [0.25, 0.3) is 0 Å². The van der Waals surface area contributed by atoms with Crippen LogP contribution in [-0.2, 0) is 19.1 Å². The van der Waals surface area contributed by atoms with Gasteiger partial charge in [-0.25, -0.2) is 0 Å². The van der Waals surface area contributed by atoms with Crippen molar-refractivity contribution in [3.8, 4) is 0 Å². The maximum absolute atomic E-state index is 14.2. The van der Waals surface area contributed by atoms with E-state index in [9.17, 15) is 30.0 Å². The molecule has 1 heterocycles. The summed E-state index contributed by atoms with van der Waals surface area (Å²) in [5.74, 6) is -3.49. The van der Waals surface area contributed by atoms with Gasteiger partial charge in [-0.05, 0) is 30.9 Å². The molecular formula is C23H33ClO8. The molecule has 3 fully saturated rings. The number of ether oxygens (including phenoxy) is 2. The predicted octanol–water partition coefficient (Wildman–Crippen LogP) is 0.711. The van der Waals surface area contributed by atoms with E-state index in [0.29, 0.717) is 11.1 Å². The lowest BCUT2D eigenvalue weighted by molar-refractivity contribution is -0.335. The summed E-state index contributed by atoms with van der Waals surface area (Å²) in [4.78, 5) is 26.5. The van der Waals surface area contributed by atoms with Crippen LogP contribution in [0.4, 0.5) is 0 Å². The first-order valence-electron chi connectivity index (χ1n) is 11.1. The molecule has 9 heteroatoms. The van der Waals surface area contributed by atoms with Crippen molar-refractivity contribution in [2.75, 3.05) is 12.5 Å². The average Bonchev–Trinajstić information content (AvgIpc) is 2.71. The average molecular weight is 473 g/mol. The lowest BCUT2D eigenvalue weighted by Gasteiger charge is -2.67. The highest BCUT2D eigenvalue weighted by Crippen LogP contribution is 2.64. The van der Waals surface area contributed by atoms with Crippen LogP contribution in [0.5, 0.6) is 0 Å². The van der Waals surface area contributed by atoms with Gasteiger partial charge in [0.15, 0.2) is 11.9 Å². The first-order chi connectivity index (χ1) is 14.7. The van der Waals surface area contributed by atoms with Crippen molar-refractivity contribution in [2.45, 2.75) is 83.1 Å². The monoisotopic (exact) mass is 472 g/mol. The zero-order valence-electron chi connectivity index (χ0n) is 19.1. The van der Waals surface area contributed by atoms with Crippen LogP contribution < -0.4 is 0 Å². The largest absolute Gasteiger partial charge is 0.449 e. The molecule has 4 aliphatic rings. The molecule has 0 spiro atoms. The van der Waals surface area contributed by atoms with Crippen LogP contribution in [-0.4, -0.2) is 80.3 Å². The molecule has 4 rings (SSSR count). The molecule has 0 aromatic rings. The van der Waals surface area contributed by atoms with Gasteiger partial charge in [0.05, 0.1) is 35.9 Å². The second-order valence-electron chi connectivity index (χ2n) is 10.8. The molecular weight excluding hydrogens is 440 g/mol. The fourth-order valence-electron chi connectivity index (χ4n) is 7.24. The molecule has 2 bridgehead atoms. The van der Waals surface area contributed by atoms with E-state index in [-0.39, 0.29) is 19.4 Å². The zero-order valence-corrected chi connectivity index (χ0v) is 19.8. The Balaban J connectivity index is 2.02. The summed E-state index contributed by atoms with van der Waals surface area (Å²) >= 11 is 5.68. The van der Waals surface area contributed by atoms with Crippen LogP contribution in [0.2, 0.25) is 0 Å². The second kappa shape index (κ2) is 7.23. The van der Waals surface area contributed by atoms with Gasteiger partial charge < -0.3 is 29.9 Å². The van der Waals surface area contributed by atoms with Crippen LogP contribution in [0.15, 0.2) is 11.1 Å². The van der Waals surface area contributed by atoms with Gasteiger partial charge in [0.2, 0.25) is 0 Å². The Hall–Kier alpha value is -1.03. The molecule has 3 aliphatic carbocycles. The first-order valence-corrected chi connectivity index (χ1v) is 11.6. The molecule has 8 nitrogen and oxygen atoms in total. The van der Waals surface area contributed by atoms with Crippen molar-refractivity contribution < 1.29 is 39.5 Å². The smallest absolute Gasteiger partial charge is 0.321 e. The normalized spacial score (nSPS) is 49.9. The SMILES string of the molecule is CC1=C2C(OC(=O)CCl)C(=O)[C@]3(C)C(O)CC4OC[C@@]4(O)C3C(C)C(O)(CC1O)C2(C)C. The van der Waals surface area contributed by atoms with E-state index in [1.807, 2.05) is 0 Å². The number of carbonyl (C=O) groups excluding carboxylic acids is 2. The summed E-state index contributed by atoms with van der Waals surface area (Å²) in [6.45, 7) is 8.45. The van der Waals surface area contributed by atoms with Gasteiger partial charge in [-0.1, -0.05) is 20.8 Å². The summed E-state index contributed by atoms with van der Waals surface area (Å²) in [6, 6.07) is 0. The van der Waals surface area contributed by atoms with Crippen LogP contribution >= 0.6 is 11.6 Å². The molecule has 0 amide bonds. The summed E-state index contributed by atoms with van der Waals surface area (Å²) in [6.07, 6.45) is -4.39. The molecule has 0 aromatic heterocycles. The molecule has 0 radical (unpaired) electrons. The minimum atomic E-state index is -1.58. The number of alkyl halides is 1. The topological polar surface area (TPSA) is 134 Å². The summed E-state index contributed by atoms with van der Waals surface area (Å²) in [5.41, 5.74) is -4.89. The number of fused-ring (bicyclic) bond motifs is 5. The third-order valence-electron chi connectivity index (χ3n) is 9.22. The fourth-order valence-corrected chi connectivity index (χ4v) is 7.30. The maximum atomic E-state index is 14.2. The highest BCUT2D eigenvalue weighted by Gasteiger charge is 2.74. The predicted molar refractivity (Wildman–Crippen MR) is 114 cm³/mol. The quantitative estimate of drug-likeness (QED) is 0.262. The third-order valence-corrected chi connectivity index (χ3v) is 9.43. The van der Waals surface area contributed by atoms with E-state index < -0.39 is 75.9 Å². The van der Waals surface area contributed by atoms with E-state index in [1.165, 1.54) is 0 Å². The Kier molecular flexibility index (Phi) is 5.45. The van der Waals surface area contributed by atoms with Crippen LogP contribution in [0.3, 0.4) is 0 Å². The molecule has 1 aliphatic heterocycles. The first kappa shape index (κ1) is 24.1. The van der Waals surface area contributed by atoms with Gasteiger partial charge in [0.1, 0.15) is 11.5 Å². The van der Waals surface area contributed by atoms with E-state index in [4.69, 9.17) is 21.1 Å². The third kappa shape index (κ3) is 2.74. The number of esters is 1. The van der Waals surface area contributed by atoms with Gasteiger partial charge in [0, 0.05) is 24.2 Å². The number of rotatable bonds is 2. The van der Waals surface area contributed by atoms with Crippen molar-refractivity contribution >= 4 is 23.4 Å². The van der Waals surface area contributed by atoms with Crippen molar-refractivity contribution in [3.05, 3.63) is 11.1 Å². The minimum Gasteiger partial charge on any atom is -0.449 e. The number of carbonyl (C=O) groups is 2. The standard InChI is InChI=1S/C23H33ClO8/c1-10-12(25)7-23(30)11(2)18-21(5,13(26)6-14-22(18,29)9-31-14)19(28)17(32-15(27)8-24)16(10)20(23,3)4/h11-14,17-18,25-26,29-30H,6-9H2,1-5H3/t11?,12?,13?,14?,17?,18?,21-,22+,23?/m1/s1. The van der Waals surface area contributed by atoms with Gasteiger partial charge in [-0.3, -0.25) is 9.59 Å². The number of halogens is 1. The molecule has 180 valence electrons. The highest BCUT2D eigenvalue weighted by molar-refractivity contribution is 6.26. The van der Waals surface area contributed by atoms with Crippen LogP contribution in [0.1, 0.15) is 47.5 Å². The van der Waals surface area contributed by atoms with Crippen molar-refractivity contribution in [3.63, 3.8) is 0 Å². The summed E-state index contributed by atoms with van der Waals surface area (Å²) in [7, 11) is 0. The zero-order chi connectivity index (χ0) is 24.0. The van der Waals surface area contributed by atoms with Gasteiger partial charge in [-0.2, -0.15) is 0 Å². The number of aliphatic hydroxyl groups excluding tert-OH is 2. The molecule has 1 saturated heterocycles. The Labute approximate surface area is 192 Å². The summed E-state index contributed by atoms with van der Waals surface area (Å²) in [5, 5.41) is 45.9. The number of hydrogen-bond acceptors (Lipinski definition) is 8. The molecule has 2 saturated carbocycles. The minimum absolute atomic E-state index is 0.0227. The molecule has 0 aromatic carbocycles. The highest BCUT2D eigenvalue weighted by atomic mass is 35.5. The molecule has 32 heavy (non-hydrogen) atoms. The van der Waals surface area contributed by atoms with Crippen molar-refractivity contribution in [2.24, 2.45) is 22.7 Å². The van der Waals surface area contributed by atoms with Crippen molar-refractivity contribution in [1.82, 2.24) is 0 Å². The van der Waals surface area contributed by atoms with E-state index >= 15 is 0 Å². The Bertz CT molecular complexity index is 885. The Morgan fingerprint density at radius 2 is 1.88 bits per heavy atom. The lowest BCUT2D eigenvalue weighted by atomic mass is 9.43. The fraction of sp³-hybridized carbons (Fsp3) is 0.826. The molecule has 9 atom stereocenters. The molecule has 4 N–H and O–H groups in total. The maximum Gasteiger partial charge on any atom is 0.321 e. The number of Topliss-reactive ketones (excluding diaryl/α,β-unsaturated/α-hetero) is 1. The van der Waals surface area contributed by atoms with Crippen molar-refractivity contribution in [1.29, 1.82) is 0 Å². The van der Waals surface area contributed by atoms with Gasteiger partial charge in [0.25, 0.3) is 0 Å². The van der Waals surface area contributed by atoms with Gasteiger partial charge >= 0.3 is 5.97 Å². The van der Waals surface area contributed by atoms with E-state index in [2.05, 4.69) is 0 Å². The number of aliphatic hydroxyl groups is 4. The van der Waals surface area contributed by atoms with E-state index in [0.717, 1.165) is 0 Å². The number of hydrogen-bond donors (Lipinski definition) is 4. The summed E-state index contributed by atoms with van der Waals surface area (Å²) < 4.78 is 11.1. The van der Waals surface area contributed by atoms with E-state index in [1.54, 1.807) is 34.6 Å². The second-order valence-corrected chi connectivity index (χ2v) is 11.1. The van der Waals surface area contributed by atoms with Gasteiger partial charge in [-0.15, -0.1) is 11.6 Å². The van der Waals surface area contributed by atoms with Crippen LogP contribution in [0, 0.1) is 22.7 Å².